The molecule has 5 heteroatoms. The zero-order valence-corrected chi connectivity index (χ0v) is 19.0. The average Bonchev–Trinajstić information content (AvgIpc) is 3.18. The van der Waals surface area contributed by atoms with E-state index >= 15 is 0 Å². The zero-order chi connectivity index (χ0) is 21.0. The molecule has 3 heterocycles. The van der Waals surface area contributed by atoms with Gasteiger partial charge in [0, 0.05) is 17.2 Å². The topological polar surface area (TPSA) is 34.6 Å². The molecule has 0 saturated carbocycles. The lowest BCUT2D eigenvalue weighted by Gasteiger charge is -2.07. The highest BCUT2D eigenvalue weighted by Gasteiger charge is 2.18. The van der Waals surface area contributed by atoms with E-state index in [0.29, 0.717) is 0 Å². The maximum absolute atomic E-state index is 4.88. The first-order valence-corrected chi connectivity index (χ1v) is 11.1. The van der Waals surface area contributed by atoms with Gasteiger partial charge in [-0.2, -0.15) is 0 Å². The normalized spacial score (nSPS) is 11.0. The highest BCUT2D eigenvalue weighted by Crippen LogP contribution is 2.15. The van der Waals surface area contributed by atoms with Crippen LogP contribution in [0, 0.1) is 0 Å². The summed E-state index contributed by atoms with van der Waals surface area (Å²) in [7, 11) is 0. The average molecular weight is 443 g/mol. The van der Waals surface area contributed by atoms with Gasteiger partial charge >= 0.3 is 0 Å². The van der Waals surface area contributed by atoms with E-state index in [9.17, 15) is 0 Å². The van der Waals surface area contributed by atoms with Gasteiger partial charge in [-0.15, -0.1) is 0 Å². The van der Waals surface area contributed by atoms with Crippen molar-refractivity contribution < 1.29 is 17.0 Å². The predicted octanol–water partition coefficient (Wildman–Crippen LogP) is 2.32. The summed E-state index contributed by atoms with van der Waals surface area (Å²) in [4.78, 5) is 9.75. The van der Waals surface area contributed by atoms with Crippen molar-refractivity contribution in [3.63, 3.8) is 0 Å². The standard InChI is InChI=1S/C27H27N4.ClH/c1-2-3-12-27-30(19-23-15-13-21-8-4-6-10-25(21)28-23)17-18-31(27)20-24-16-14-22-9-5-7-11-26(22)29-24;/h4-11,13-18H,2-3,12,19-20H2,1H3;1H/q+1;/p-1. The minimum Gasteiger partial charge on any atom is -1.00 e. The number of pyridine rings is 2. The second kappa shape index (κ2) is 9.92. The van der Waals surface area contributed by atoms with E-state index in [4.69, 9.17) is 9.97 Å². The number of aromatic nitrogens is 4. The van der Waals surface area contributed by atoms with Crippen molar-refractivity contribution in [3.05, 3.63) is 102 Å². The number of rotatable bonds is 7. The quantitative estimate of drug-likeness (QED) is 0.362. The molecule has 0 saturated heterocycles. The number of halogens is 1. The van der Waals surface area contributed by atoms with E-state index in [1.54, 1.807) is 0 Å². The molecule has 0 aliphatic rings. The Hall–Kier alpha value is -3.24. The first-order valence-electron chi connectivity index (χ1n) is 11.1. The smallest absolute Gasteiger partial charge is 0.257 e. The summed E-state index contributed by atoms with van der Waals surface area (Å²) >= 11 is 0. The van der Waals surface area contributed by atoms with Gasteiger partial charge < -0.3 is 12.4 Å². The summed E-state index contributed by atoms with van der Waals surface area (Å²) in [6, 6.07) is 25.2. The fraction of sp³-hybridized carbons (Fsp3) is 0.222. The van der Waals surface area contributed by atoms with E-state index in [1.807, 2.05) is 12.1 Å². The number of fused-ring (bicyclic) bond motifs is 2. The minimum absolute atomic E-state index is 0. The van der Waals surface area contributed by atoms with Gasteiger partial charge in [-0.3, -0.25) is 0 Å². The summed E-state index contributed by atoms with van der Waals surface area (Å²) in [6.45, 7) is 3.80. The van der Waals surface area contributed by atoms with Gasteiger partial charge in [-0.05, 0) is 30.7 Å². The molecule has 162 valence electrons. The molecule has 0 atom stereocenters. The fourth-order valence-corrected chi connectivity index (χ4v) is 4.15. The highest BCUT2D eigenvalue weighted by atomic mass is 35.5. The van der Waals surface area contributed by atoms with E-state index in [-0.39, 0.29) is 12.4 Å². The second-order valence-electron chi connectivity index (χ2n) is 8.06. The van der Waals surface area contributed by atoms with Crippen LogP contribution in [0.3, 0.4) is 0 Å². The Morgan fingerprint density at radius 3 is 2.09 bits per heavy atom. The van der Waals surface area contributed by atoms with Crippen molar-refractivity contribution in [2.45, 2.75) is 39.3 Å². The Morgan fingerprint density at radius 2 is 1.41 bits per heavy atom. The van der Waals surface area contributed by atoms with Crippen LogP contribution in [0.2, 0.25) is 0 Å². The van der Waals surface area contributed by atoms with Crippen LogP contribution in [0.1, 0.15) is 37.0 Å². The van der Waals surface area contributed by atoms with Crippen LogP contribution in [-0.4, -0.2) is 14.5 Å². The molecule has 2 aromatic carbocycles. The van der Waals surface area contributed by atoms with E-state index in [2.05, 4.69) is 89.1 Å². The van der Waals surface area contributed by atoms with Crippen LogP contribution < -0.4 is 17.0 Å². The van der Waals surface area contributed by atoms with Crippen LogP contribution in [0.5, 0.6) is 0 Å². The molecule has 0 radical (unpaired) electrons. The van der Waals surface area contributed by atoms with Gasteiger partial charge in [0.1, 0.15) is 25.5 Å². The molecular formula is C27H27ClN4. The van der Waals surface area contributed by atoms with E-state index < -0.39 is 0 Å². The number of nitrogens with zero attached hydrogens (tertiary/aromatic N) is 4. The summed E-state index contributed by atoms with van der Waals surface area (Å²) in [5, 5.41) is 2.37. The maximum Gasteiger partial charge on any atom is 0.257 e. The van der Waals surface area contributed by atoms with Gasteiger partial charge in [0.25, 0.3) is 5.82 Å². The van der Waals surface area contributed by atoms with E-state index in [1.165, 1.54) is 29.4 Å². The molecule has 4 nitrogen and oxygen atoms in total. The molecule has 0 aliphatic carbocycles. The molecule has 5 aromatic rings. The molecule has 0 aliphatic heterocycles. The van der Waals surface area contributed by atoms with Crippen molar-refractivity contribution in [1.82, 2.24) is 14.5 Å². The zero-order valence-electron chi connectivity index (χ0n) is 18.3. The Morgan fingerprint density at radius 1 is 0.781 bits per heavy atom. The van der Waals surface area contributed by atoms with Crippen molar-refractivity contribution in [2.75, 3.05) is 0 Å². The lowest BCUT2D eigenvalue weighted by Crippen LogP contribution is -3.00. The highest BCUT2D eigenvalue weighted by molar-refractivity contribution is 5.79. The molecule has 0 amide bonds. The third-order valence-corrected chi connectivity index (χ3v) is 5.82. The van der Waals surface area contributed by atoms with Gasteiger partial charge in [0.2, 0.25) is 0 Å². The monoisotopic (exact) mass is 442 g/mol. The summed E-state index contributed by atoms with van der Waals surface area (Å²) in [6.07, 6.45) is 7.75. The Kier molecular flexibility index (Phi) is 6.81. The Labute approximate surface area is 195 Å². The van der Waals surface area contributed by atoms with Gasteiger partial charge in [-0.25, -0.2) is 19.1 Å². The molecule has 5 rings (SSSR count). The largest absolute Gasteiger partial charge is 1.00 e. The first kappa shape index (κ1) is 22.0. The summed E-state index contributed by atoms with van der Waals surface area (Å²) < 4.78 is 4.68. The molecule has 0 unspecified atom stereocenters. The summed E-state index contributed by atoms with van der Waals surface area (Å²) in [5.74, 6) is 1.33. The molecule has 0 fully saturated rings. The van der Waals surface area contributed by atoms with Gasteiger partial charge in [-0.1, -0.05) is 61.9 Å². The van der Waals surface area contributed by atoms with Crippen molar-refractivity contribution in [3.8, 4) is 0 Å². The lowest BCUT2D eigenvalue weighted by atomic mass is 10.2. The molecule has 0 N–H and O–H groups in total. The van der Waals surface area contributed by atoms with Crippen LogP contribution in [-0.2, 0) is 19.5 Å². The van der Waals surface area contributed by atoms with E-state index in [0.717, 1.165) is 41.9 Å². The Bertz CT molecular complexity index is 1240. The second-order valence-corrected chi connectivity index (χ2v) is 8.06. The molecule has 32 heavy (non-hydrogen) atoms. The number of imidazole rings is 1. The lowest BCUT2D eigenvalue weighted by molar-refractivity contribution is -0.695. The number of unbranched alkanes of at least 4 members (excludes halogenated alkanes) is 1. The summed E-state index contributed by atoms with van der Waals surface area (Å²) in [5.41, 5.74) is 4.28. The van der Waals surface area contributed by atoms with Crippen LogP contribution in [0.4, 0.5) is 0 Å². The first-order chi connectivity index (χ1) is 15.3. The van der Waals surface area contributed by atoms with Gasteiger partial charge in [0.15, 0.2) is 0 Å². The minimum atomic E-state index is 0. The van der Waals surface area contributed by atoms with Crippen molar-refractivity contribution >= 4 is 21.8 Å². The number of benzene rings is 2. The van der Waals surface area contributed by atoms with Crippen LogP contribution in [0.25, 0.3) is 21.8 Å². The van der Waals surface area contributed by atoms with Crippen LogP contribution in [0.15, 0.2) is 85.2 Å². The number of para-hydroxylation sites is 2. The molecule has 0 bridgehead atoms. The van der Waals surface area contributed by atoms with Crippen LogP contribution >= 0.6 is 0 Å². The van der Waals surface area contributed by atoms with Gasteiger partial charge in [0.05, 0.1) is 22.4 Å². The number of hydrogen-bond acceptors (Lipinski definition) is 2. The Balaban J connectivity index is 0.00000245. The third kappa shape index (κ3) is 4.66. The SMILES string of the molecule is CCCCc1n(Cc2ccc3ccccc3n2)cc[n+]1Cc1ccc2ccccc2n1.[Cl-]. The molecule has 3 aromatic heterocycles. The molecular weight excluding hydrogens is 416 g/mol. The fourth-order valence-electron chi connectivity index (χ4n) is 4.15. The predicted molar refractivity (Wildman–Crippen MR) is 125 cm³/mol. The maximum atomic E-state index is 4.88. The molecule has 0 spiro atoms. The third-order valence-electron chi connectivity index (χ3n) is 5.82. The van der Waals surface area contributed by atoms with Crippen molar-refractivity contribution in [1.29, 1.82) is 0 Å². The van der Waals surface area contributed by atoms with Crippen molar-refractivity contribution in [2.24, 2.45) is 0 Å². The number of hydrogen-bond donors (Lipinski definition) is 0.